The second-order valence-corrected chi connectivity index (χ2v) is 7.74. The highest BCUT2D eigenvalue weighted by Crippen LogP contribution is 2.28. The van der Waals surface area contributed by atoms with E-state index in [9.17, 15) is 9.18 Å². The summed E-state index contributed by atoms with van der Waals surface area (Å²) < 4.78 is 17.9. The molecule has 0 radical (unpaired) electrons. The minimum atomic E-state index is -0.389. The predicted octanol–water partition coefficient (Wildman–Crippen LogP) is 6.32. The van der Waals surface area contributed by atoms with Crippen molar-refractivity contribution in [3.05, 3.63) is 81.3 Å². The molecule has 3 rings (SSSR count). The Balaban J connectivity index is 1.73. The number of anilines is 2. The third-order valence-electron chi connectivity index (χ3n) is 3.71. The van der Waals surface area contributed by atoms with Gasteiger partial charge < -0.3 is 10.0 Å². The van der Waals surface area contributed by atoms with E-state index >= 15 is 0 Å². The van der Waals surface area contributed by atoms with Gasteiger partial charge in [-0.1, -0.05) is 11.6 Å². The summed E-state index contributed by atoms with van der Waals surface area (Å²) in [6, 6.07) is 11.5. The molecule has 0 unspecified atom stereocenters. The number of carbonyl (C=O) groups is 1. The number of rotatable bonds is 5. The van der Waals surface area contributed by atoms with E-state index in [1.165, 1.54) is 18.3 Å². The normalized spacial score (nSPS) is 10.5. The fraction of sp³-hybridized carbons (Fsp3) is 0.0526. The maximum atomic E-state index is 14.1. The van der Waals surface area contributed by atoms with Crippen LogP contribution >= 0.6 is 39.5 Å². The van der Waals surface area contributed by atoms with Crippen LogP contribution in [0.15, 0.2) is 64.2 Å². The molecule has 1 aromatic heterocycles. The van der Waals surface area contributed by atoms with Crippen molar-refractivity contribution in [2.24, 2.45) is 0 Å². The summed E-state index contributed by atoms with van der Waals surface area (Å²) in [5.41, 5.74) is 2.50. The quantitative estimate of drug-likeness (QED) is 0.432. The zero-order valence-electron chi connectivity index (χ0n) is 14.1. The zero-order chi connectivity index (χ0) is 19.4. The molecule has 1 heterocycles. The zero-order valence-corrected chi connectivity index (χ0v) is 17.3. The van der Waals surface area contributed by atoms with E-state index in [-0.39, 0.29) is 11.7 Å². The van der Waals surface area contributed by atoms with Gasteiger partial charge in [0.2, 0.25) is 0 Å². The van der Waals surface area contributed by atoms with Gasteiger partial charge in [-0.15, -0.1) is 0 Å². The molecule has 27 heavy (non-hydrogen) atoms. The maximum Gasteiger partial charge on any atom is 0.257 e. The molecule has 0 aliphatic rings. The molecule has 2 aromatic carbocycles. The molecule has 0 aliphatic carbocycles. The Labute approximate surface area is 173 Å². The van der Waals surface area contributed by atoms with Crippen molar-refractivity contribution in [2.45, 2.75) is 11.8 Å². The number of nitrogens with one attached hydrogen (secondary N) is 2. The van der Waals surface area contributed by atoms with Gasteiger partial charge in [-0.05, 0) is 82.8 Å². The number of aromatic nitrogens is 1. The number of benzene rings is 2. The molecular weight excluding hydrogens is 453 g/mol. The first-order valence-corrected chi connectivity index (χ1v) is 9.82. The number of carbonyl (C=O) groups excluding carboxylic acids is 1. The van der Waals surface area contributed by atoms with E-state index in [1.807, 2.05) is 6.92 Å². The third kappa shape index (κ3) is 5.00. The Bertz CT molecular complexity index is 985. The summed E-state index contributed by atoms with van der Waals surface area (Å²) in [5.74, 6) is -0.700. The van der Waals surface area contributed by atoms with Crippen LogP contribution in [0.5, 0.6) is 0 Å². The predicted molar refractivity (Wildman–Crippen MR) is 112 cm³/mol. The van der Waals surface area contributed by atoms with Gasteiger partial charge in [-0.25, -0.2) is 4.39 Å². The summed E-state index contributed by atoms with van der Waals surface area (Å²) in [4.78, 5) is 16.9. The molecule has 0 atom stereocenters. The molecule has 0 aliphatic heterocycles. The van der Waals surface area contributed by atoms with Crippen LogP contribution in [-0.4, -0.2) is 10.9 Å². The lowest BCUT2D eigenvalue weighted by molar-refractivity contribution is 0.102. The molecule has 138 valence electrons. The highest BCUT2D eigenvalue weighted by atomic mass is 79.9. The fourth-order valence-corrected chi connectivity index (χ4v) is 3.39. The standard InChI is InChI=1S/C19H14BrClFN3OS/c1-11-15(9-23-10-16(11)20)19(26)24-14-6-7-17(22)18(8-14)27-25-13-4-2-12(21)3-5-13/h2-10,25H,1H3,(H,24,26). The Kier molecular flexibility index (Phi) is 6.36. The molecule has 0 saturated carbocycles. The molecule has 8 heteroatoms. The Morgan fingerprint density at radius 1 is 1.15 bits per heavy atom. The largest absolute Gasteiger partial charge is 0.326 e. The number of nitrogens with zero attached hydrogens (tertiary/aromatic N) is 1. The first-order valence-electron chi connectivity index (χ1n) is 7.83. The highest BCUT2D eigenvalue weighted by molar-refractivity contribution is 9.10. The van der Waals surface area contributed by atoms with Crippen molar-refractivity contribution in [2.75, 3.05) is 10.0 Å². The van der Waals surface area contributed by atoms with Crippen molar-refractivity contribution in [3.8, 4) is 0 Å². The Morgan fingerprint density at radius 2 is 1.85 bits per heavy atom. The summed E-state index contributed by atoms with van der Waals surface area (Å²) in [5, 5.41) is 3.40. The van der Waals surface area contributed by atoms with Crippen molar-refractivity contribution in [1.29, 1.82) is 0 Å². The summed E-state index contributed by atoms with van der Waals surface area (Å²) in [6.07, 6.45) is 3.12. The lowest BCUT2D eigenvalue weighted by atomic mass is 10.1. The summed E-state index contributed by atoms with van der Waals surface area (Å²) in [6.45, 7) is 1.82. The van der Waals surface area contributed by atoms with Crippen LogP contribution in [0.1, 0.15) is 15.9 Å². The molecule has 0 bridgehead atoms. The molecule has 4 nitrogen and oxygen atoms in total. The van der Waals surface area contributed by atoms with Gasteiger partial charge in [0.15, 0.2) is 0 Å². The first-order chi connectivity index (χ1) is 12.9. The van der Waals surface area contributed by atoms with Gasteiger partial charge in [0.1, 0.15) is 5.82 Å². The molecular formula is C19H14BrClFN3OS. The number of hydrogen-bond donors (Lipinski definition) is 2. The van der Waals surface area contributed by atoms with Crippen molar-refractivity contribution in [1.82, 2.24) is 4.98 Å². The molecule has 2 N–H and O–H groups in total. The summed E-state index contributed by atoms with van der Waals surface area (Å²) >= 11 is 10.3. The van der Waals surface area contributed by atoms with E-state index in [1.54, 1.807) is 36.5 Å². The second kappa shape index (κ2) is 8.73. The molecule has 0 saturated heterocycles. The number of pyridine rings is 1. The van der Waals surface area contributed by atoms with Gasteiger partial charge in [0.25, 0.3) is 5.91 Å². The Hall–Kier alpha value is -2.09. The van der Waals surface area contributed by atoms with Gasteiger partial charge in [0.05, 0.1) is 10.5 Å². The van der Waals surface area contributed by atoms with Gasteiger partial charge >= 0.3 is 0 Å². The smallest absolute Gasteiger partial charge is 0.257 e. The van der Waals surface area contributed by atoms with Crippen LogP contribution in [0.4, 0.5) is 15.8 Å². The van der Waals surface area contributed by atoms with E-state index in [0.29, 0.717) is 21.2 Å². The number of hydrogen-bond acceptors (Lipinski definition) is 4. The van der Waals surface area contributed by atoms with Crippen LogP contribution in [-0.2, 0) is 0 Å². The minimum absolute atomic E-state index is 0.311. The molecule has 3 aromatic rings. The Morgan fingerprint density at radius 3 is 2.59 bits per heavy atom. The molecule has 0 fully saturated rings. The number of amides is 1. The van der Waals surface area contributed by atoms with Gasteiger partial charge in [-0.3, -0.25) is 9.78 Å². The highest BCUT2D eigenvalue weighted by Gasteiger charge is 2.13. The monoisotopic (exact) mass is 465 g/mol. The van der Waals surface area contributed by atoms with Crippen LogP contribution in [0.25, 0.3) is 0 Å². The van der Waals surface area contributed by atoms with E-state index in [2.05, 4.69) is 31.0 Å². The average Bonchev–Trinajstić information content (AvgIpc) is 2.65. The van der Waals surface area contributed by atoms with Gasteiger partial charge in [0, 0.05) is 33.3 Å². The first kappa shape index (κ1) is 19.7. The molecule has 1 amide bonds. The SMILES string of the molecule is Cc1c(Br)cncc1C(=O)Nc1ccc(F)c(SNc2ccc(Cl)cc2)c1. The number of halogens is 3. The van der Waals surface area contributed by atoms with Gasteiger partial charge in [-0.2, -0.15) is 0 Å². The van der Waals surface area contributed by atoms with Crippen molar-refractivity contribution < 1.29 is 9.18 Å². The second-order valence-electron chi connectivity index (χ2n) is 5.60. The van der Waals surface area contributed by atoms with Crippen LogP contribution in [0, 0.1) is 12.7 Å². The summed E-state index contributed by atoms with van der Waals surface area (Å²) in [7, 11) is 0. The van der Waals surface area contributed by atoms with Crippen LogP contribution in [0.2, 0.25) is 5.02 Å². The van der Waals surface area contributed by atoms with Crippen LogP contribution < -0.4 is 10.0 Å². The van der Waals surface area contributed by atoms with Crippen molar-refractivity contribution in [3.63, 3.8) is 0 Å². The van der Waals surface area contributed by atoms with E-state index < -0.39 is 0 Å². The maximum absolute atomic E-state index is 14.1. The van der Waals surface area contributed by atoms with Crippen LogP contribution in [0.3, 0.4) is 0 Å². The average molecular weight is 467 g/mol. The lowest BCUT2D eigenvalue weighted by Gasteiger charge is -2.11. The van der Waals surface area contributed by atoms with E-state index in [4.69, 9.17) is 11.6 Å². The minimum Gasteiger partial charge on any atom is -0.326 e. The topological polar surface area (TPSA) is 54.0 Å². The fourth-order valence-electron chi connectivity index (χ4n) is 2.22. The molecule has 0 spiro atoms. The van der Waals surface area contributed by atoms with Crippen molar-refractivity contribution >= 4 is 56.8 Å². The third-order valence-corrected chi connectivity index (χ3v) is 5.63. The lowest BCUT2D eigenvalue weighted by Crippen LogP contribution is -2.14. The van der Waals surface area contributed by atoms with E-state index in [0.717, 1.165) is 27.7 Å².